The molecule has 0 fully saturated rings. The number of benzene rings is 1. The standard InChI is InChI=1S/C12H12N2O2S2/c1-14-9-5-3-2-4-8(9)11(13)12-10(6-7-17-12)18(14,15)16/h2-7,11H,13H2,1H3. The molecule has 0 saturated carbocycles. The fraction of sp³-hybridized carbons (Fsp3) is 0.167. The number of hydrogen-bond donors (Lipinski definition) is 1. The number of nitrogens with two attached hydrogens (primary N) is 1. The second kappa shape index (κ2) is 3.81. The number of sulfonamides is 1. The van der Waals surface area contributed by atoms with Crippen molar-refractivity contribution in [1.29, 1.82) is 0 Å². The first-order chi connectivity index (χ1) is 8.53. The summed E-state index contributed by atoms with van der Waals surface area (Å²) < 4.78 is 26.2. The zero-order valence-corrected chi connectivity index (χ0v) is 11.3. The molecule has 0 radical (unpaired) electrons. The van der Waals surface area contributed by atoms with Crippen LogP contribution in [0.2, 0.25) is 0 Å². The predicted molar refractivity (Wildman–Crippen MR) is 72.4 cm³/mol. The quantitative estimate of drug-likeness (QED) is 0.802. The van der Waals surface area contributed by atoms with Gasteiger partial charge in [0.05, 0.1) is 11.7 Å². The molecule has 0 saturated heterocycles. The van der Waals surface area contributed by atoms with E-state index in [4.69, 9.17) is 5.73 Å². The van der Waals surface area contributed by atoms with Gasteiger partial charge in [-0.05, 0) is 23.1 Å². The molecule has 2 heterocycles. The van der Waals surface area contributed by atoms with Crippen molar-refractivity contribution in [3.63, 3.8) is 0 Å². The van der Waals surface area contributed by atoms with Crippen molar-refractivity contribution in [3.8, 4) is 0 Å². The van der Waals surface area contributed by atoms with Gasteiger partial charge >= 0.3 is 0 Å². The van der Waals surface area contributed by atoms with Crippen LogP contribution in [0.15, 0.2) is 40.6 Å². The Hall–Kier alpha value is -1.37. The van der Waals surface area contributed by atoms with Crippen LogP contribution in [0.4, 0.5) is 5.69 Å². The Balaban J connectivity index is 2.40. The second-order valence-corrected chi connectivity index (χ2v) is 7.04. The van der Waals surface area contributed by atoms with Crippen molar-refractivity contribution < 1.29 is 8.42 Å². The fourth-order valence-corrected chi connectivity index (χ4v) is 4.90. The lowest BCUT2D eigenvalue weighted by atomic mass is 10.0. The summed E-state index contributed by atoms with van der Waals surface area (Å²) >= 11 is 1.38. The van der Waals surface area contributed by atoms with Gasteiger partial charge in [-0.1, -0.05) is 18.2 Å². The number of anilines is 1. The molecule has 1 aliphatic heterocycles. The van der Waals surface area contributed by atoms with Crippen molar-refractivity contribution in [3.05, 3.63) is 46.2 Å². The Morgan fingerprint density at radius 1 is 1.28 bits per heavy atom. The van der Waals surface area contributed by atoms with Gasteiger partial charge in [-0.15, -0.1) is 11.3 Å². The smallest absolute Gasteiger partial charge is 0.265 e. The zero-order chi connectivity index (χ0) is 12.9. The monoisotopic (exact) mass is 280 g/mol. The third kappa shape index (κ3) is 1.43. The van der Waals surface area contributed by atoms with E-state index in [1.165, 1.54) is 15.6 Å². The minimum atomic E-state index is -3.50. The normalized spacial score (nSPS) is 21.0. The third-order valence-corrected chi connectivity index (χ3v) is 6.15. The van der Waals surface area contributed by atoms with Crippen LogP contribution in [0.25, 0.3) is 0 Å². The maximum Gasteiger partial charge on any atom is 0.265 e. The van der Waals surface area contributed by atoms with Crippen molar-refractivity contribution in [2.45, 2.75) is 10.9 Å². The van der Waals surface area contributed by atoms with E-state index in [0.29, 0.717) is 15.5 Å². The summed E-state index contributed by atoms with van der Waals surface area (Å²) in [6.45, 7) is 0. The summed E-state index contributed by atoms with van der Waals surface area (Å²) in [5.41, 5.74) is 7.69. The van der Waals surface area contributed by atoms with Gasteiger partial charge in [-0.25, -0.2) is 8.42 Å². The van der Waals surface area contributed by atoms with Gasteiger partial charge in [0.1, 0.15) is 4.90 Å². The van der Waals surface area contributed by atoms with Gasteiger partial charge in [0.15, 0.2) is 0 Å². The van der Waals surface area contributed by atoms with Gasteiger partial charge in [-0.3, -0.25) is 4.31 Å². The molecule has 2 N–H and O–H groups in total. The van der Waals surface area contributed by atoms with Crippen LogP contribution in [0.3, 0.4) is 0 Å². The van der Waals surface area contributed by atoms with E-state index in [1.807, 2.05) is 18.2 Å². The minimum absolute atomic E-state index is 0.318. The van der Waals surface area contributed by atoms with Crippen LogP contribution >= 0.6 is 11.3 Å². The number of hydrogen-bond acceptors (Lipinski definition) is 4. The first-order valence-electron chi connectivity index (χ1n) is 5.44. The Labute approximate surface area is 110 Å². The first-order valence-corrected chi connectivity index (χ1v) is 7.76. The number of rotatable bonds is 0. The highest BCUT2D eigenvalue weighted by atomic mass is 32.2. The molecule has 0 aliphatic carbocycles. The summed E-state index contributed by atoms with van der Waals surface area (Å²) in [5, 5.41) is 1.77. The topological polar surface area (TPSA) is 63.4 Å². The van der Waals surface area contributed by atoms with E-state index in [1.54, 1.807) is 24.6 Å². The molecule has 0 bridgehead atoms. The van der Waals surface area contributed by atoms with E-state index in [-0.39, 0.29) is 0 Å². The van der Waals surface area contributed by atoms with Gasteiger partial charge < -0.3 is 5.73 Å². The molecular formula is C12H12N2O2S2. The van der Waals surface area contributed by atoms with Crippen LogP contribution in [0.5, 0.6) is 0 Å². The molecule has 1 aromatic carbocycles. The largest absolute Gasteiger partial charge is 0.320 e. The van der Waals surface area contributed by atoms with Gasteiger partial charge in [0.2, 0.25) is 0 Å². The van der Waals surface area contributed by atoms with Crippen LogP contribution in [-0.4, -0.2) is 15.5 Å². The SMILES string of the molecule is CN1c2ccccc2C(N)c2sccc2S1(=O)=O. The Morgan fingerprint density at radius 2 is 2.00 bits per heavy atom. The average Bonchev–Trinajstić information content (AvgIpc) is 2.84. The lowest BCUT2D eigenvalue weighted by Gasteiger charge is -2.19. The van der Waals surface area contributed by atoms with E-state index in [2.05, 4.69) is 0 Å². The Bertz CT molecular complexity index is 706. The van der Waals surface area contributed by atoms with Gasteiger partial charge in [0.25, 0.3) is 10.0 Å². The lowest BCUT2D eigenvalue weighted by Crippen LogP contribution is -2.26. The molecular weight excluding hydrogens is 268 g/mol. The highest BCUT2D eigenvalue weighted by molar-refractivity contribution is 7.93. The molecule has 0 spiro atoms. The molecule has 94 valence electrons. The highest BCUT2D eigenvalue weighted by Crippen LogP contribution is 2.40. The lowest BCUT2D eigenvalue weighted by molar-refractivity contribution is 0.594. The molecule has 2 aromatic rings. The first kappa shape index (κ1) is 11.7. The molecule has 0 amide bonds. The molecule has 18 heavy (non-hydrogen) atoms. The number of fused-ring (bicyclic) bond motifs is 2. The van der Waals surface area contributed by atoms with Crippen molar-refractivity contribution in [2.75, 3.05) is 11.4 Å². The summed E-state index contributed by atoms with van der Waals surface area (Å²) in [5.74, 6) is 0. The van der Waals surface area contributed by atoms with E-state index >= 15 is 0 Å². The number of para-hydroxylation sites is 1. The Morgan fingerprint density at radius 3 is 2.78 bits per heavy atom. The van der Waals surface area contributed by atoms with Gasteiger partial charge in [-0.2, -0.15) is 0 Å². The molecule has 6 heteroatoms. The average molecular weight is 280 g/mol. The highest BCUT2D eigenvalue weighted by Gasteiger charge is 2.34. The van der Waals surface area contributed by atoms with Crippen molar-refractivity contribution >= 4 is 27.0 Å². The molecule has 4 nitrogen and oxygen atoms in total. The number of nitrogens with zero attached hydrogens (tertiary/aromatic N) is 1. The second-order valence-electron chi connectivity index (χ2n) is 4.16. The number of thiophene rings is 1. The van der Waals surface area contributed by atoms with Crippen molar-refractivity contribution in [1.82, 2.24) is 0 Å². The van der Waals surface area contributed by atoms with E-state index in [0.717, 1.165) is 5.56 Å². The molecule has 1 aliphatic rings. The molecule has 3 rings (SSSR count). The summed E-state index contributed by atoms with van der Waals surface area (Å²) in [7, 11) is -1.93. The maximum atomic E-state index is 12.5. The third-order valence-electron chi connectivity index (χ3n) is 3.19. The van der Waals surface area contributed by atoms with Crippen LogP contribution in [0, 0.1) is 0 Å². The van der Waals surface area contributed by atoms with Crippen LogP contribution in [0.1, 0.15) is 16.5 Å². The minimum Gasteiger partial charge on any atom is -0.320 e. The zero-order valence-electron chi connectivity index (χ0n) is 9.70. The summed E-state index contributed by atoms with van der Waals surface area (Å²) in [4.78, 5) is 1.02. The summed E-state index contributed by atoms with van der Waals surface area (Å²) in [6, 6.07) is 8.58. The van der Waals surface area contributed by atoms with Crippen LogP contribution < -0.4 is 10.0 Å². The van der Waals surface area contributed by atoms with Crippen LogP contribution in [-0.2, 0) is 10.0 Å². The van der Waals surface area contributed by atoms with Crippen molar-refractivity contribution in [2.24, 2.45) is 5.73 Å². The molecule has 1 aromatic heterocycles. The predicted octanol–water partition coefficient (Wildman–Crippen LogP) is 1.93. The van der Waals surface area contributed by atoms with E-state index < -0.39 is 16.1 Å². The summed E-state index contributed by atoms with van der Waals surface area (Å²) in [6.07, 6.45) is 0. The molecule has 1 atom stereocenters. The van der Waals surface area contributed by atoms with Gasteiger partial charge in [0, 0.05) is 11.9 Å². The molecule has 1 unspecified atom stereocenters. The Kier molecular flexibility index (Phi) is 2.48. The van der Waals surface area contributed by atoms with E-state index in [9.17, 15) is 8.42 Å². The fourth-order valence-electron chi connectivity index (χ4n) is 2.20. The maximum absolute atomic E-state index is 12.5.